The Hall–Kier alpha value is -1.03. The highest BCUT2D eigenvalue weighted by molar-refractivity contribution is 5.87. The Balaban J connectivity index is 2.25. The molecule has 0 unspecified atom stereocenters. The van der Waals surface area contributed by atoms with Crippen LogP contribution in [0.1, 0.15) is 53.4 Å². The summed E-state index contributed by atoms with van der Waals surface area (Å²) in [5.74, 6) is -0.618. The predicted molar refractivity (Wildman–Crippen MR) is 72.0 cm³/mol. The minimum atomic E-state index is -1.00. The van der Waals surface area contributed by atoms with E-state index in [1.165, 1.54) is 0 Å². The number of hydrogen-bond donors (Lipinski definition) is 2. The smallest absolute Gasteiger partial charge is 0.334 e. The van der Waals surface area contributed by atoms with Crippen LogP contribution < -0.4 is 0 Å². The number of allylic oxidation sites excluding steroid dienone is 1. The third kappa shape index (κ3) is 2.64. The van der Waals surface area contributed by atoms with Crippen molar-refractivity contribution in [3.05, 3.63) is 11.3 Å². The van der Waals surface area contributed by atoms with E-state index in [1.807, 2.05) is 20.8 Å². The Morgan fingerprint density at radius 1 is 1.37 bits per heavy atom. The van der Waals surface area contributed by atoms with Gasteiger partial charge in [0.2, 0.25) is 0 Å². The minimum Gasteiger partial charge on any atom is -0.512 e. The first kappa shape index (κ1) is 14.4. The molecule has 4 nitrogen and oxygen atoms in total. The maximum absolute atomic E-state index is 11.2. The minimum absolute atomic E-state index is 0.0615. The summed E-state index contributed by atoms with van der Waals surface area (Å²) in [5, 5.41) is 19.1. The zero-order valence-corrected chi connectivity index (χ0v) is 12.2. The van der Waals surface area contributed by atoms with Crippen LogP contribution in [0.25, 0.3) is 0 Å². The van der Waals surface area contributed by atoms with Crippen LogP contribution in [0.15, 0.2) is 11.3 Å². The normalized spacial score (nSPS) is 35.4. The van der Waals surface area contributed by atoms with Crippen LogP contribution in [-0.2, 0) is 9.53 Å². The molecule has 0 amide bonds. The van der Waals surface area contributed by atoms with Crippen LogP contribution in [0, 0.1) is 11.3 Å². The van der Waals surface area contributed by atoms with Gasteiger partial charge in [-0.2, -0.15) is 0 Å². The zero-order chi connectivity index (χ0) is 14.4. The summed E-state index contributed by atoms with van der Waals surface area (Å²) in [5.41, 5.74) is -0.231. The molecule has 4 heteroatoms. The molecular formula is C15H24O4. The second-order valence-electron chi connectivity index (χ2n) is 7.11. The molecule has 3 atom stereocenters. The molecule has 0 saturated heterocycles. The van der Waals surface area contributed by atoms with Crippen molar-refractivity contribution in [2.45, 2.75) is 65.1 Å². The van der Waals surface area contributed by atoms with Gasteiger partial charge >= 0.3 is 5.97 Å². The molecule has 0 aromatic heterocycles. The van der Waals surface area contributed by atoms with Crippen molar-refractivity contribution in [3.63, 3.8) is 0 Å². The third-order valence-electron chi connectivity index (χ3n) is 4.55. The lowest BCUT2D eigenvalue weighted by molar-refractivity contribution is -0.135. The van der Waals surface area contributed by atoms with Crippen LogP contribution >= 0.6 is 0 Å². The number of aliphatic carboxylic acids is 1. The molecule has 2 rings (SSSR count). The van der Waals surface area contributed by atoms with Gasteiger partial charge in [-0.05, 0) is 46.0 Å². The van der Waals surface area contributed by atoms with E-state index >= 15 is 0 Å². The first-order valence-electron chi connectivity index (χ1n) is 6.95. The fourth-order valence-electron chi connectivity index (χ4n) is 3.53. The molecule has 0 heterocycles. The van der Waals surface area contributed by atoms with Gasteiger partial charge in [-0.15, -0.1) is 0 Å². The van der Waals surface area contributed by atoms with E-state index in [1.54, 1.807) is 0 Å². The van der Waals surface area contributed by atoms with E-state index in [0.29, 0.717) is 18.8 Å². The van der Waals surface area contributed by atoms with E-state index in [2.05, 4.69) is 6.92 Å². The lowest BCUT2D eigenvalue weighted by Gasteiger charge is -2.42. The van der Waals surface area contributed by atoms with Gasteiger partial charge in [0.05, 0.1) is 17.3 Å². The molecule has 1 fully saturated rings. The Labute approximate surface area is 114 Å². The monoisotopic (exact) mass is 268 g/mol. The van der Waals surface area contributed by atoms with Crippen LogP contribution in [0.2, 0.25) is 0 Å². The van der Waals surface area contributed by atoms with Gasteiger partial charge in [0.15, 0.2) is 0 Å². The van der Waals surface area contributed by atoms with Crippen molar-refractivity contribution in [3.8, 4) is 0 Å². The van der Waals surface area contributed by atoms with Gasteiger partial charge in [-0.1, -0.05) is 6.92 Å². The van der Waals surface area contributed by atoms with Crippen molar-refractivity contribution in [1.29, 1.82) is 0 Å². The van der Waals surface area contributed by atoms with Crippen molar-refractivity contribution < 1.29 is 19.7 Å². The molecule has 108 valence electrons. The predicted octanol–water partition coefficient (Wildman–Crippen LogP) is 3.28. The molecule has 2 aliphatic carbocycles. The number of hydrogen-bond acceptors (Lipinski definition) is 3. The van der Waals surface area contributed by atoms with Crippen molar-refractivity contribution in [2.75, 3.05) is 0 Å². The van der Waals surface area contributed by atoms with Gasteiger partial charge in [0.25, 0.3) is 0 Å². The average molecular weight is 268 g/mol. The number of carbonyl (C=O) groups is 1. The molecule has 0 bridgehead atoms. The average Bonchev–Trinajstić information content (AvgIpc) is 2.53. The molecule has 19 heavy (non-hydrogen) atoms. The second-order valence-corrected chi connectivity index (χ2v) is 7.11. The second kappa shape index (κ2) is 4.51. The van der Waals surface area contributed by atoms with Gasteiger partial charge in [-0.3, -0.25) is 0 Å². The molecule has 1 saturated carbocycles. The molecule has 0 aromatic rings. The fourth-order valence-corrected chi connectivity index (χ4v) is 3.53. The molecule has 0 spiro atoms. The molecule has 2 aliphatic rings. The van der Waals surface area contributed by atoms with Crippen LogP contribution in [0.5, 0.6) is 0 Å². The van der Waals surface area contributed by atoms with Gasteiger partial charge < -0.3 is 14.9 Å². The number of fused-ring (bicyclic) bond motifs is 1. The van der Waals surface area contributed by atoms with Gasteiger partial charge in [0, 0.05) is 11.8 Å². The van der Waals surface area contributed by atoms with Crippen molar-refractivity contribution in [2.24, 2.45) is 11.3 Å². The number of ether oxygens (including phenoxy) is 1. The molecular weight excluding hydrogens is 244 g/mol. The number of aliphatic hydroxyl groups is 1. The highest BCUT2D eigenvalue weighted by atomic mass is 16.5. The zero-order valence-electron chi connectivity index (χ0n) is 12.2. The van der Waals surface area contributed by atoms with E-state index in [-0.39, 0.29) is 28.5 Å². The van der Waals surface area contributed by atoms with E-state index in [4.69, 9.17) is 4.74 Å². The third-order valence-corrected chi connectivity index (χ3v) is 4.55. The maximum Gasteiger partial charge on any atom is 0.334 e. The summed E-state index contributed by atoms with van der Waals surface area (Å²) in [6, 6.07) is 0. The lowest BCUT2D eigenvalue weighted by Crippen LogP contribution is -2.42. The van der Waals surface area contributed by atoms with Crippen LogP contribution in [-0.4, -0.2) is 27.9 Å². The molecule has 0 radical (unpaired) electrons. The fraction of sp³-hybridized carbons (Fsp3) is 0.800. The molecule has 2 N–H and O–H groups in total. The SMILES string of the molecule is CC(C)(C)O[C@@H]1CC[C@@H]2CC(O)=C(C(=O)O)C[C@]21C. The van der Waals surface area contributed by atoms with E-state index < -0.39 is 5.97 Å². The Bertz CT molecular complexity index is 418. The summed E-state index contributed by atoms with van der Waals surface area (Å²) in [4.78, 5) is 11.2. The lowest BCUT2D eigenvalue weighted by atomic mass is 9.68. The Kier molecular flexibility index (Phi) is 3.42. The number of rotatable bonds is 2. The van der Waals surface area contributed by atoms with E-state index in [0.717, 1.165) is 12.8 Å². The molecule has 0 aliphatic heterocycles. The first-order chi connectivity index (χ1) is 8.63. The maximum atomic E-state index is 11.2. The van der Waals surface area contributed by atoms with Crippen LogP contribution in [0.4, 0.5) is 0 Å². The number of aliphatic hydroxyl groups excluding tert-OH is 1. The summed E-state index contributed by atoms with van der Waals surface area (Å²) in [6.07, 6.45) is 2.88. The highest BCUT2D eigenvalue weighted by Gasteiger charge is 2.52. The Morgan fingerprint density at radius 3 is 2.53 bits per heavy atom. The number of carboxylic acids is 1. The van der Waals surface area contributed by atoms with Crippen molar-refractivity contribution in [1.82, 2.24) is 0 Å². The quantitative estimate of drug-likeness (QED) is 0.806. The summed E-state index contributed by atoms with van der Waals surface area (Å²) < 4.78 is 6.14. The van der Waals surface area contributed by atoms with Gasteiger partial charge in [-0.25, -0.2) is 4.79 Å². The summed E-state index contributed by atoms with van der Waals surface area (Å²) >= 11 is 0. The van der Waals surface area contributed by atoms with Gasteiger partial charge in [0.1, 0.15) is 5.76 Å². The standard InChI is InChI=1S/C15H24O4/c1-14(2,3)19-12-6-5-9-7-11(16)10(13(17)18)8-15(9,12)4/h9,12,16H,5-8H2,1-4H3,(H,17,18)/t9-,12-,15-/m1/s1. The molecule has 0 aromatic carbocycles. The van der Waals surface area contributed by atoms with E-state index in [9.17, 15) is 15.0 Å². The van der Waals surface area contributed by atoms with Crippen molar-refractivity contribution >= 4 is 5.97 Å². The summed E-state index contributed by atoms with van der Waals surface area (Å²) in [7, 11) is 0. The largest absolute Gasteiger partial charge is 0.512 e. The highest BCUT2D eigenvalue weighted by Crippen LogP contribution is 2.55. The number of carboxylic acid groups (broad SMARTS) is 1. The first-order valence-corrected chi connectivity index (χ1v) is 6.95. The summed E-state index contributed by atoms with van der Waals surface area (Å²) in [6.45, 7) is 8.18. The Morgan fingerprint density at radius 2 is 2.00 bits per heavy atom. The topological polar surface area (TPSA) is 66.8 Å². The van der Waals surface area contributed by atoms with Crippen LogP contribution in [0.3, 0.4) is 0 Å².